The van der Waals surface area contributed by atoms with Crippen LogP contribution in [0, 0.1) is 0 Å². The van der Waals surface area contributed by atoms with E-state index in [0.29, 0.717) is 0 Å². The van der Waals surface area contributed by atoms with Crippen LogP contribution in [0.15, 0.2) is 54.6 Å². The number of benzene rings is 2. The molecule has 0 bridgehead atoms. The second kappa shape index (κ2) is 6.27. The van der Waals surface area contributed by atoms with Gasteiger partial charge in [0.05, 0.1) is 18.3 Å². The number of hydrogen-bond acceptors (Lipinski definition) is 3. The van der Waals surface area contributed by atoms with E-state index in [9.17, 15) is 0 Å². The van der Waals surface area contributed by atoms with Gasteiger partial charge in [0.2, 0.25) is 0 Å². The van der Waals surface area contributed by atoms with Crippen molar-refractivity contribution in [3.05, 3.63) is 65.7 Å². The van der Waals surface area contributed by atoms with Crippen molar-refractivity contribution < 1.29 is 14.0 Å². The van der Waals surface area contributed by atoms with Crippen LogP contribution in [0.2, 0.25) is 0 Å². The summed E-state index contributed by atoms with van der Waals surface area (Å²) in [6.45, 7) is 8.35. The Balaban J connectivity index is 2.00. The highest BCUT2D eigenvalue weighted by Gasteiger charge is 2.54. The van der Waals surface area contributed by atoms with E-state index in [1.807, 2.05) is 18.2 Å². The summed E-state index contributed by atoms with van der Waals surface area (Å²) >= 11 is 0. The van der Waals surface area contributed by atoms with Gasteiger partial charge in [0, 0.05) is 5.82 Å². The highest BCUT2D eigenvalue weighted by atomic mass is 16.7. The Bertz CT molecular complexity index is 664. The highest BCUT2D eigenvalue weighted by molar-refractivity contribution is 6.48. The first-order chi connectivity index (χ1) is 11.3. The molecular weight excluding hydrogens is 299 g/mol. The van der Waals surface area contributed by atoms with Crippen LogP contribution in [0.1, 0.15) is 44.6 Å². The molecule has 1 aliphatic heterocycles. The van der Waals surface area contributed by atoms with Crippen LogP contribution in [-0.4, -0.2) is 25.4 Å². The second-order valence-corrected chi connectivity index (χ2v) is 7.29. The molecule has 126 valence electrons. The second-order valence-electron chi connectivity index (χ2n) is 7.29. The van der Waals surface area contributed by atoms with E-state index in [-0.39, 0.29) is 24.1 Å². The van der Waals surface area contributed by atoms with Crippen molar-refractivity contribution in [2.24, 2.45) is 0 Å². The minimum atomic E-state index is -0.350. The summed E-state index contributed by atoms with van der Waals surface area (Å²) < 4.78 is 18.0. The molecule has 3 rings (SSSR count). The van der Waals surface area contributed by atoms with Gasteiger partial charge in [0.1, 0.15) is 5.75 Å². The molecule has 1 fully saturated rings. The predicted octanol–water partition coefficient (Wildman–Crippen LogP) is 4.46. The molecule has 0 aliphatic carbocycles. The molecule has 0 N–H and O–H groups in total. The zero-order valence-corrected chi connectivity index (χ0v) is 15.1. The van der Waals surface area contributed by atoms with Gasteiger partial charge >= 0.3 is 7.12 Å². The fourth-order valence-corrected chi connectivity index (χ4v) is 3.00. The van der Waals surface area contributed by atoms with Gasteiger partial charge in [-0.2, -0.15) is 0 Å². The Morgan fingerprint density at radius 2 is 1.29 bits per heavy atom. The largest absolute Gasteiger partial charge is 0.497 e. The maximum Gasteiger partial charge on any atom is 0.470 e. The molecule has 2 aromatic rings. The summed E-state index contributed by atoms with van der Waals surface area (Å²) in [5, 5.41) is 0. The molecule has 1 saturated heterocycles. The first-order valence-corrected chi connectivity index (χ1v) is 8.38. The van der Waals surface area contributed by atoms with Gasteiger partial charge < -0.3 is 14.0 Å². The SMILES string of the molecule is COc1ccc(C(B2OC(C)(C)C(C)(C)O2)c2ccccc2)cc1. The first-order valence-electron chi connectivity index (χ1n) is 8.38. The van der Waals surface area contributed by atoms with Gasteiger partial charge in [-0.05, 0) is 51.0 Å². The number of rotatable bonds is 4. The Morgan fingerprint density at radius 3 is 1.79 bits per heavy atom. The molecule has 0 radical (unpaired) electrons. The third-order valence-electron chi connectivity index (χ3n) is 5.18. The molecule has 24 heavy (non-hydrogen) atoms. The Hall–Kier alpha value is -1.78. The van der Waals surface area contributed by atoms with E-state index >= 15 is 0 Å². The number of hydrogen-bond donors (Lipinski definition) is 0. The summed E-state index contributed by atoms with van der Waals surface area (Å²) in [6.07, 6.45) is 0. The van der Waals surface area contributed by atoms with Crippen molar-refractivity contribution in [1.29, 1.82) is 0 Å². The third kappa shape index (κ3) is 3.08. The minimum absolute atomic E-state index is 0.0122. The van der Waals surface area contributed by atoms with Crippen molar-refractivity contribution in [3.63, 3.8) is 0 Å². The van der Waals surface area contributed by atoms with Crippen LogP contribution in [-0.2, 0) is 9.31 Å². The zero-order chi connectivity index (χ0) is 17.4. The van der Waals surface area contributed by atoms with Crippen molar-refractivity contribution in [3.8, 4) is 5.75 Å². The lowest BCUT2D eigenvalue weighted by atomic mass is 9.64. The van der Waals surface area contributed by atoms with Crippen LogP contribution in [0.3, 0.4) is 0 Å². The lowest BCUT2D eigenvalue weighted by molar-refractivity contribution is 0.00578. The van der Waals surface area contributed by atoms with Gasteiger partial charge in [-0.15, -0.1) is 0 Å². The van der Waals surface area contributed by atoms with Gasteiger partial charge in [-0.3, -0.25) is 0 Å². The van der Waals surface area contributed by atoms with E-state index in [1.165, 1.54) is 5.56 Å². The average Bonchev–Trinajstić information content (AvgIpc) is 2.77. The smallest absolute Gasteiger partial charge is 0.470 e. The Kier molecular flexibility index (Phi) is 4.45. The molecule has 3 nitrogen and oxygen atoms in total. The van der Waals surface area contributed by atoms with E-state index in [1.54, 1.807) is 7.11 Å². The van der Waals surface area contributed by atoms with Crippen molar-refractivity contribution in [2.45, 2.75) is 44.7 Å². The van der Waals surface area contributed by atoms with Crippen LogP contribution in [0.5, 0.6) is 5.75 Å². The monoisotopic (exact) mass is 324 g/mol. The molecule has 4 heteroatoms. The van der Waals surface area contributed by atoms with Gasteiger partial charge in [0.25, 0.3) is 0 Å². The summed E-state index contributed by atoms with van der Waals surface area (Å²) in [4.78, 5) is 0. The molecule has 1 heterocycles. The number of methoxy groups -OCH3 is 1. The maximum absolute atomic E-state index is 6.34. The Morgan fingerprint density at radius 1 is 0.792 bits per heavy atom. The van der Waals surface area contributed by atoms with Crippen LogP contribution >= 0.6 is 0 Å². The molecule has 1 unspecified atom stereocenters. The molecule has 0 saturated carbocycles. The third-order valence-corrected chi connectivity index (χ3v) is 5.18. The molecular formula is C20H25BO3. The minimum Gasteiger partial charge on any atom is -0.497 e. The van der Waals surface area contributed by atoms with E-state index in [4.69, 9.17) is 14.0 Å². The molecule has 2 aromatic carbocycles. The first kappa shape index (κ1) is 17.1. The van der Waals surface area contributed by atoms with E-state index < -0.39 is 0 Å². The fourth-order valence-electron chi connectivity index (χ4n) is 3.00. The molecule has 0 aromatic heterocycles. The summed E-state index contributed by atoms with van der Waals surface area (Å²) in [5.41, 5.74) is 1.63. The lowest BCUT2D eigenvalue weighted by Gasteiger charge is -2.32. The Labute approximate surface area is 145 Å². The average molecular weight is 324 g/mol. The summed E-state index contributed by atoms with van der Waals surface area (Å²) in [7, 11) is 1.35. The lowest BCUT2D eigenvalue weighted by Crippen LogP contribution is -2.41. The zero-order valence-electron chi connectivity index (χ0n) is 15.1. The van der Waals surface area contributed by atoms with Crippen LogP contribution in [0.25, 0.3) is 0 Å². The van der Waals surface area contributed by atoms with Gasteiger partial charge in [-0.25, -0.2) is 0 Å². The standard InChI is InChI=1S/C20H25BO3/c1-19(2)20(3,4)24-21(23-19)18(15-9-7-6-8-10-15)16-11-13-17(22-5)14-12-16/h6-14,18H,1-5H3. The summed E-state index contributed by atoms with van der Waals surface area (Å²) in [6, 6.07) is 18.5. The van der Waals surface area contributed by atoms with Crippen LogP contribution < -0.4 is 4.74 Å². The molecule has 1 atom stereocenters. The quantitative estimate of drug-likeness (QED) is 0.777. The predicted molar refractivity (Wildman–Crippen MR) is 97.4 cm³/mol. The molecule has 0 amide bonds. The topological polar surface area (TPSA) is 27.7 Å². The number of ether oxygens (including phenoxy) is 1. The van der Waals surface area contributed by atoms with E-state index in [0.717, 1.165) is 11.3 Å². The van der Waals surface area contributed by atoms with Crippen molar-refractivity contribution in [2.75, 3.05) is 7.11 Å². The van der Waals surface area contributed by atoms with Crippen molar-refractivity contribution in [1.82, 2.24) is 0 Å². The molecule has 0 spiro atoms. The van der Waals surface area contributed by atoms with Crippen molar-refractivity contribution >= 4 is 7.12 Å². The highest BCUT2D eigenvalue weighted by Crippen LogP contribution is 2.42. The fraction of sp³-hybridized carbons (Fsp3) is 0.400. The normalized spacial score (nSPS) is 20.0. The van der Waals surface area contributed by atoms with Gasteiger partial charge in [-0.1, -0.05) is 42.5 Å². The molecule has 1 aliphatic rings. The van der Waals surface area contributed by atoms with E-state index in [2.05, 4.69) is 64.1 Å². The van der Waals surface area contributed by atoms with Gasteiger partial charge in [0.15, 0.2) is 0 Å². The maximum atomic E-state index is 6.34. The van der Waals surface area contributed by atoms with Crippen LogP contribution in [0.4, 0.5) is 0 Å². The summed E-state index contributed by atoms with van der Waals surface area (Å²) in [5.74, 6) is 0.859.